The summed E-state index contributed by atoms with van der Waals surface area (Å²) in [7, 11) is -2.32. The Morgan fingerprint density at radius 2 is 1.97 bits per heavy atom. The van der Waals surface area contributed by atoms with E-state index in [0.29, 0.717) is 5.69 Å². The van der Waals surface area contributed by atoms with Gasteiger partial charge in [-0.25, -0.2) is 8.42 Å². The van der Waals surface area contributed by atoms with E-state index in [1.807, 2.05) is 0 Å². The van der Waals surface area contributed by atoms with Crippen molar-refractivity contribution in [2.45, 2.75) is 10.8 Å². The van der Waals surface area contributed by atoms with Crippen LogP contribution in [0.15, 0.2) is 68.8 Å². The highest BCUT2D eigenvalue weighted by molar-refractivity contribution is 7.91. The zero-order valence-electron chi connectivity index (χ0n) is 15.5. The van der Waals surface area contributed by atoms with Crippen molar-refractivity contribution in [3.05, 3.63) is 71.5 Å². The normalized spacial score (nSPS) is 11.4. The summed E-state index contributed by atoms with van der Waals surface area (Å²) in [6.07, 6.45) is 1.41. The van der Waals surface area contributed by atoms with E-state index in [9.17, 15) is 18.0 Å². The molecule has 0 fully saturated rings. The third-order valence-corrected chi connectivity index (χ3v) is 7.12. The highest BCUT2D eigenvalue weighted by atomic mass is 32.2. The van der Waals surface area contributed by atoms with Crippen molar-refractivity contribution in [3.8, 4) is 0 Å². The van der Waals surface area contributed by atoms with Crippen LogP contribution in [-0.2, 0) is 21.4 Å². The number of nitrogens with one attached hydrogen (secondary N) is 2. The summed E-state index contributed by atoms with van der Waals surface area (Å²) in [6, 6.07) is 13.3. The van der Waals surface area contributed by atoms with Crippen LogP contribution in [0.3, 0.4) is 0 Å². The Hall–Kier alpha value is -2.95. The van der Waals surface area contributed by atoms with Crippen LogP contribution in [0.1, 0.15) is 16.1 Å². The summed E-state index contributed by atoms with van der Waals surface area (Å²) in [5.74, 6) is -0.618. The lowest BCUT2D eigenvalue weighted by atomic mass is 10.2. The van der Waals surface area contributed by atoms with Crippen molar-refractivity contribution < 1.29 is 22.4 Å². The van der Waals surface area contributed by atoms with Crippen LogP contribution in [0.25, 0.3) is 0 Å². The van der Waals surface area contributed by atoms with Crippen molar-refractivity contribution in [1.29, 1.82) is 0 Å². The number of nitrogens with zero attached hydrogens (tertiary/aromatic N) is 1. The Morgan fingerprint density at radius 3 is 2.66 bits per heavy atom. The molecule has 0 radical (unpaired) electrons. The summed E-state index contributed by atoms with van der Waals surface area (Å²) in [4.78, 5) is 24.2. The first-order chi connectivity index (χ1) is 13.9. The van der Waals surface area contributed by atoms with Crippen molar-refractivity contribution in [2.24, 2.45) is 0 Å². The highest BCUT2D eigenvalue weighted by Crippen LogP contribution is 2.19. The molecule has 0 aliphatic carbocycles. The third kappa shape index (κ3) is 5.31. The summed E-state index contributed by atoms with van der Waals surface area (Å²) in [5.41, 5.74) is 1.30. The van der Waals surface area contributed by atoms with Gasteiger partial charge in [-0.05, 0) is 41.3 Å². The SMILES string of the molecule is CN(CC(=O)NCc1cccc(NC(=O)c2ccco2)c1)S(=O)(=O)c1cccs1. The molecule has 2 heterocycles. The molecule has 0 aliphatic rings. The minimum Gasteiger partial charge on any atom is -0.459 e. The number of likely N-dealkylation sites (N-methyl/N-ethyl adjacent to an activating group) is 1. The van der Waals surface area contributed by atoms with E-state index < -0.39 is 15.9 Å². The molecule has 10 heteroatoms. The molecule has 0 spiro atoms. The van der Waals surface area contributed by atoms with Gasteiger partial charge in [-0.3, -0.25) is 9.59 Å². The number of anilines is 1. The average Bonchev–Trinajstić information content (AvgIpc) is 3.40. The van der Waals surface area contributed by atoms with Gasteiger partial charge in [0.1, 0.15) is 4.21 Å². The predicted octanol–water partition coefficient (Wildman–Crippen LogP) is 2.53. The number of carbonyl (C=O) groups is 2. The number of hydrogen-bond acceptors (Lipinski definition) is 6. The maximum absolute atomic E-state index is 12.4. The van der Waals surface area contributed by atoms with Gasteiger partial charge in [0.15, 0.2) is 5.76 Å². The zero-order valence-corrected chi connectivity index (χ0v) is 17.1. The van der Waals surface area contributed by atoms with Crippen molar-refractivity contribution in [1.82, 2.24) is 9.62 Å². The number of sulfonamides is 1. The molecule has 0 unspecified atom stereocenters. The van der Waals surface area contributed by atoms with Crippen molar-refractivity contribution in [3.63, 3.8) is 0 Å². The maximum atomic E-state index is 12.4. The molecule has 0 saturated carbocycles. The van der Waals surface area contributed by atoms with E-state index in [1.165, 1.54) is 19.4 Å². The van der Waals surface area contributed by atoms with E-state index in [4.69, 9.17) is 4.42 Å². The monoisotopic (exact) mass is 433 g/mol. The fourth-order valence-corrected chi connectivity index (χ4v) is 4.80. The molecule has 0 bridgehead atoms. The zero-order chi connectivity index (χ0) is 20.9. The highest BCUT2D eigenvalue weighted by Gasteiger charge is 2.23. The van der Waals surface area contributed by atoms with Gasteiger partial charge in [0, 0.05) is 19.3 Å². The number of carbonyl (C=O) groups excluding carboxylic acids is 2. The molecule has 29 heavy (non-hydrogen) atoms. The van der Waals surface area contributed by atoms with Crippen LogP contribution in [0.2, 0.25) is 0 Å². The number of hydrogen-bond donors (Lipinski definition) is 2. The third-order valence-electron chi connectivity index (χ3n) is 3.95. The second-order valence-corrected chi connectivity index (χ2v) is 9.32. The lowest BCUT2D eigenvalue weighted by Gasteiger charge is -2.16. The molecule has 0 atom stereocenters. The Kier molecular flexibility index (Phi) is 6.47. The van der Waals surface area contributed by atoms with Gasteiger partial charge in [-0.1, -0.05) is 18.2 Å². The quantitative estimate of drug-likeness (QED) is 0.567. The number of furan rings is 1. The van der Waals surface area contributed by atoms with Gasteiger partial charge >= 0.3 is 0 Å². The lowest BCUT2D eigenvalue weighted by molar-refractivity contribution is -0.121. The van der Waals surface area contributed by atoms with Crippen molar-refractivity contribution in [2.75, 3.05) is 18.9 Å². The smallest absolute Gasteiger partial charge is 0.291 e. The number of amides is 2. The second-order valence-electron chi connectivity index (χ2n) is 6.10. The van der Waals surface area contributed by atoms with Crippen molar-refractivity contribution >= 4 is 38.9 Å². The minimum atomic E-state index is -3.68. The van der Waals surface area contributed by atoms with Gasteiger partial charge in [0.2, 0.25) is 5.91 Å². The topological polar surface area (TPSA) is 109 Å². The molecular weight excluding hydrogens is 414 g/mol. The molecule has 3 aromatic rings. The van der Waals surface area contributed by atoms with Gasteiger partial charge in [0.05, 0.1) is 12.8 Å². The van der Waals surface area contributed by atoms with Crippen LogP contribution in [0, 0.1) is 0 Å². The molecule has 2 amide bonds. The molecule has 0 aliphatic heterocycles. The van der Waals surface area contributed by atoms with E-state index >= 15 is 0 Å². The van der Waals surface area contributed by atoms with Crippen LogP contribution in [0.5, 0.6) is 0 Å². The van der Waals surface area contributed by atoms with E-state index in [0.717, 1.165) is 21.2 Å². The second kappa shape index (κ2) is 9.03. The van der Waals surface area contributed by atoms with E-state index in [2.05, 4.69) is 10.6 Å². The summed E-state index contributed by atoms with van der Waals surface area (Å²) in [5, 5.41) is 7.06. The fraction of sp³-hybridized carbons (Fsp3) is 0.158. The van der Waals surface area contributed by atoms with Crippen LogP contribution in [-0.4, -0.2) is 38.1 Å². The Balaban J connectivity index is 1.54. The molecular formula is C19H19N3O5S2. The molecule has 3 rings (SSSR count). The van der Waals surface area contributed by atoms with Gasteiger partial charge in [-0.2, -0.15) is 4.31 Å². The van der Waals surface area contributed by atoms with Gasteiger partial charge < -0.3 is 15.1 Å². The van der Waals surface area contributed by atoms with E-state index in [-0.39, 0.29) is 29.0 Å². The predicted molar refractivity (Wildman–Crippen MR) is 109 cm³/mol. The molecule has 1 aromatic carbocycles. The van der Waals surface area contributed by atoms with Gasteiger partial charge in [-0.15, -0.1) is 11.3 Å². The summed E-state index contributed by atoms with van der Waals surface area (Å²) < 4.78 is 31.0. The largest absolute Gasteiger partial charge is 0.459 e. The maximum Gasteiger partial charge on any atom is 0.291 e. The minimum absolute atomic E-state index is 0.188. The summed E-state index contributed by atoms with van der Waals surface area (Å²) >= 11 is 1.10. The summed E-state index contributed by atoms with van der Waals surface area (Å²) in [6.45, 7) is -0.106. The average molecular weight is 434 g/mol. The molecule has 8 nitrogen and oxygen atoms in total. The number of benzene rings is 1. The Bertz CT molecular complexity index is 1080. The number of rotatable bonds is 8. The first-order valence-electron chi connectivity index (χ1n) is 8.56. The van der Waals surface area contributed by atoms with Crippen LogP contribution in [0.4, 0.5) is 5.69 Å². The molecule has 0 saturated heterocycles. The van der Waals surface area contributed by atoms with Gasteiger partial charge in [0.25, 0.3) is 15.9 Å². The van der Waals surface area contributed by atoms with Crippen LogP contribution < -0.4 is 10.6 Å². The van der Waals surface area contributed by atoms with E-state index in [1.54, 1.807) is 47.8 Å². The number of thiophene rings is 1. The fourth-order valence-electron chi connectivity index (χ4n) is 2.47. The Morgan fingerprint density at radius 1 is 1.14 bits per heavy atom. The first-order valence-corrected chi connectivity index (χ1v) is 10.9. The van der Waals surface area contributed by atoms with Crippen LogP contribution >= 0.6 is 11.3 Å². The molecule has 2 N–H and O–H groups in total. The Labute approximate surface area is 172 Å². The lowest BCUT2D eigenvalue weighted by Crippen LogP contribution is -2.37. The molecule has 2 aromatic heterocycles. The molecule has 152 valence electrons. The standard InChI is InChI=1S/C19H19N3O5S2/c1-22(29(25,26)18-8-4-10-28-18)13-17(23)20-12-14-5-2-6-15(11-14)21-19(24)16-7-3-9-27-16/h2-11H,12-13H2,1H3,(H,20,23)(H,21,24). The first kappa shape index (κ1) is 20.8.